The van der Waals surface area contributed by atoms with Crippen LogP contribution in [-0.2, 0) is 16.1 Å². The molecule has 0 fully saturated rings. The molecule has 0 aliphatic rings. The number of carbonyl (C=O) groups is 2. The van der Waals surface area contributed by atoms with Gasteiger partial charge in [0.25, 0.3) is 0 Å². The monoisotopic (exact) mass is 278 g/mol. The van der Waals surface area contributed by atoms with Gasteiger partial charge >= 0.3 is 0 Å². The maximum absolute atomic E-state index is 13.5. The van der Waals surface area contributed by atoms with Crippen molar-refractivity contribution < 1.29 is 14.0 Å². The average molecular weight is 278 g/mol. The van der Waals surface area contributed by atoms with Gasteiger partial charge < -0.3 is 10.2 Å². The van der Waals surface area contributed by atoms with Crippen LogP contribution in [0.15, 0.2) is 36.9 Å². The summed E-state index contributed by atoms with van der Waals surface area (Å²) in [6, 6.07) is 5.66. The van der Waals surface area contributed by atoms with Crippen LogP contribution in [0.3, 0.4) is 0 Å². The van der Waals surface area contributed by atoms with E-state index in [-0.39, 0.29) is 18.3 Å². The molecule has 20 heavy (non-hydrogen) atoms. The summed E-state index contributed by atoms with van der Waals surface area (Å²) in [5.41, 5.74) is 0.438. The molecule has 1 unspecified atom stereocenters. The molecule has 0 bridgehead atoms. The Balaban J connectivity index is 2.72. The lowest BCUT2D eigenvalue weighted by molar-refractivity contribution is -0.135. The molecule has 0 spiro atoms. The summed E-state index contributed by atoms with van der Waals surface area (Å²) in [5.74, 6) is -1.01. The van der Waals surface area contributed by atoms with Crippen molar-refractivity contribution >= 4 is 11.8 Å². The van der Waals surface area contributed by atoms with E-state index in [1.807, 2.05) is 0 Å². The van der Waals surface area contributed by atoms with Crippen molar-refractivity contribution in [1.29, 1.82) is 0 Å². The number of nitrogens with one attached hydrogen (secondary N) is 1. The number of nitrogens with zero attached hydrogens (tertiary/aromatic N) is 1. The van der Waals surface area contributed by atoms with Gasteiger partial charge in [0.15, 0.2) is 0 Å². The molecule has 4 nitrogen and oxygen atoms in total. The van der Waals surface area contributed by atoms with Crippen LogP contribution in [0.5, 0.6) is 0 Å². The highest BCUT2D eigenvalue weighted by Gasteiger charge is 2.22. The van der Waals surface area contributed by atoms with Crippen LogP contribution >= 0.6 is 0 Å². The molecule has 0 saturated heterocycles. The lowest BCUT2D eigenvalue weighted by atomic mass is 10.1. The van der Waals surface area contributed by atoms with E-state index in [4.69, 9.17) is 0 Å². The summed E-state index contributed by atoms with van der Waals surface area (Å²) in [6.07, 6.45) is 1.58. The second-order valence-corrected chi connectivity index (χ2v) is 4.46. The Morgan fingerprint density at radius 2 is 2.10 bits per heavy atom. The standard InChI is InChI=1S/C15H19FN2O2/c1-4-13(17-14(19)5-2)15(20)18(3)10-11-8-6-7-9-12(11)16/h5-9,13H,2,4,10H2,1,3H3,(H,17,19). The van der Waals surface area contributed by atoms with Gasteiger partial charge in [-0.05, 0) is 18.6 Å². The molecule has 0 radical (unpaired) electrons. The molecule has 0 aliphatic heterocycles. The van der Waals surface area contributed by atoms with Gasteiger partial charge in [-0.15, -0.1) is 0 Å². The quantitative estimate of drug-likeness (QED) is 0.808. The SMILES string of the molecule is C=CC(=O)NC(CC)C(=O)N(C)Cc1ccccc1F. The van der Waals surface area contributed by atoms with Crippen LogP contribution < -0.4 is 5.32 Å². The van der Waals surface area contributed by atoms with E-state index < -0.39 is 11.9 Å². The smallest absolute Gasteiger partial charge is 0.245 e. The molecular weight excluding hydrogens is 259 g/mol. The molecule has 2 amide bonds. The maximum Gasteiger partial charge on any atom is 0.245 e. The Bertz CT molecular complexity index is 502. The van der Waals surface area contributed by atoms with Crippen molar-refractivity contribution in [2.45, 2.75) is 25.9 Å². The molecule has 1 atom stereocenters. The Labute approximate surface area is 118 Å². The zero-order valence-electron chi connectivity index (χ0n) is 11.7. The van der Waals surface area contributed by atoms with Crippen LogP contribution in [-0.4, -0.2) is 29.8 Å². The third-order valence-corrected chi connectivity index (χ3v) is 2.95. The van der Waals surface area contributed by atoms with Gasteiger partial charge in [0, 0.05) is 19.2 Å². The Hall–Kier alpha value is -2.17. The Morgan fingerprint density at radius 3 is 2.65 bits per heavy atom. The lowest BCUT2D eigenvalue weighted by Gasteiger charge is -2.23. The van der Waals surface area contributed by atoms with E-state index >= 15 is 0 Å². The Morgan fingerprint density at radius 1 is 1.45 bits per heavy atom. The van der Waals surface area contributed by atoms with E-state index in [2.05, 4.69) is 11.9 Å². The molecule has 0 heterocycles. The first-order valence-corrected chi connectivity index (χ1v) is 6.40. The van der Waals surface area contributed by atoms with Crippen molar-refractivity contribution in [3.05, 3.63) is 48.3 Å². The van der Waals surface area contributed by atoms with Crippen molar-refractivity contribution in [3.63, 3.8) is 0 Å². The summed E-state index contributed by atoms with van der Waals surface area (Å²) < 4.78 is 13.5. The molecule has 0 aromatic heterocycles. The van der Waals surface area contributed by atoms with Gasteiger partial charge in [-0.25, -0.2) is 4.39 Å². The molecule has 0 aliphatic carbocycles. The first-order chi connectivity index (χ1) is 9.49. The molecule has 5 heteroatoms. The minimum atomic E-state index is -0.628. The summed E-state index contributed by atoms with van der Waals surface area (Å²) >= 11 is 0. The minimum Gasteiger partial charge on any atom is -0.341 e. The molecule has 0 saturated carbocycles. The number of carbonyl (C=O) groups excluding carboxylic acids is 2. The molecule has 108 valence electrons. The van der Waals surface area contributed by atoms with Crippen LogP contribution in [0.4, 0.5) is 4.39 Å². The normalized spacial score (nSPS) is 11.6. The number of amides is 2. The highest BCUT2D eigenvalue weighted by molar-refractivity contribution is 5.92. The number of hydrogen-bond donors (Lipinski definition) is 1. The topological polar surface area (TPSA) is 49.4 Å². The van der Waals surface area contributed by atoms with E-state index in [9.17, 15) is 14.0 Å². The fourth-order valence-electron chi connectivity index (χ4n) is 1.80. The number of likely N-dealkylation sites (N-methyl/N-ethyl adjacent to an activating group) is 1. The molecule has 1 aromatic rings. The summed E-state index contributed by atoms with van der Waals surface area (Å²) in [6.45, 7) is 5.30. The molecule has 1 aromatic carbocycles. The fourth-order valence-corrected chi connectivity index (χ4v) is 1.80. The zero-order valence-corrected chi connectivity index (χ0v) is 11.7. The predicted molar refractivity (Wildman–Crippen MR) is 75.3 cm³/mol. The molecule has 1 N–H and O–H groups in total. The second kappa shape index (κ2) is 7.43. The summed E-state index contributed by atoms with van der Waals surface area (Å²) in [5, 5.41) is 2.56. The van der Waals surface area contributed by atoms with E-state index in [1.165, 1.54) is 11.0 Å². The number of hydrogen-bond acceptors (Lipinski definition) is 2. The maximum atomic E-state index is 13.5. The van der Waals surface area contributed by atoms with Crippen molar-refractivity contribution in [2.75, 3.05) is 7.05 Å². The van der Waals surface area contributed by atoms with Crippen LogP contribution in [0.2, 0.25) is 0 Å². The van der Waals surface area contributed by atoms with Gasteiger partial charge in [-0.3, -0.25) is 9.59 Å². The summed E-state index contributed by atoms with van der Waals surface area (Å²) in [7, 11) is 1.58. The largest absolute Gasteiger partial charge is 0.341 e. The highest BCUT2D eigenvalue weighted by atomic mass is 19.1. The minimum absolute atomic E-state index is 0.159. The number of benzene rings is 1. The second-order valence-electron chi connectivity index (χ2n) is 4.46. The van der Waals surface area contributed by atoms with Gasteiger partial charge in [0.05, 0.1) is 0 Å². The number of rotatable bonds is 6. The average Bonchev–Trinajstić information content (AvgIpc) is 2.46. The fraction of sp³-hybridized carbons (Fsp3) is 0.333. The van der Waals surface area contributed by atoms with Crippen LogP contribution in [0, 0.1) is 5.82 Å². The van der Waals surface area contributed by atoms with Gasteiger partial charge in [-0.2, -0.15) is 0 Å². The van der Waals surface area contributed by atoms with Crippen molar-refractivity contribution in [2.24, 2.45) is 0 Å². The molecular formula is C15H19FN2O2. The predicted octanol–water partition coefficient (Wildman–Crippen LogP) is 1.86. The molecule has 1 rings (SSSR count). The third-order valence-electron chi connectivity index (χ3n) is 2.95. The van der Waals surface area contributed by atoms with Gasteiger partial charge in [0.1, 0.15) is 11.9 Å². The first kappa shape index (κ1) is 15.9. The van der Waals surface area contributed by atoms with Gasteiger partial charge in [-0.1, -0.05) is 31.7 Å². The van der Waals surface area contributed by atoms with E-state index in [1.54, 1.807) is 32.2 Å². The van der Waals surface area contributed by atoms with E-state index in [0.29, 0.717) is 12.0 Å². The summed E-state index contributed by atoms with van der Waals surface area (Å²) in [4.78, 5) is 24.9. The van der Waals surface area contributed by atoms with Crippen molar-refractivity contribution in [3.8, 4) is 0 Å². The Kier molecular flexibility index (Phi) is 5.90. The first-order valence-electron chi connectivity index (χ1n) is 6.40. The van der Waals surface area contributed by atoms with Gasteiger partial charge in [0.2, 0.25) is 11.8 Å². The third kappa shape index (κ3) is 4.19. The highest BCUT2D eigenvalue weighted by Crippen LogP contribution is 2.10. The van der Waals surface area contributed by atoms with Crippen LogP contribution in [0.25, 0.3) is 0 Å². The van der Waals surface area contributed by atoms with Crippen LogP contribution in [0.1, 0.15) is 18.9 Å². The lowest BCUT2D eigenvalue weighted by Crippen LogP contribution is -2.46. The van der Waals surface area contributed by atoms with Crippen molar-refractivity contribution in [1.82, 2.24) is 10.2 Å². The van der Waals surface area contributed by atoms with E-state index in [0.717, 1.165) is 6.08 Å². The zero-order chi connectivity index (χ0) is 15.1. The number of halogens is 1.